The second kappa shape index (κ2) is 8.20. The number of aromatic nitrogens is 2. The van der Waals surface area contributed by atoms with Gasteiger partial charge in [-0.15, -0.1) is 0 Å². The first kappa shape index (κ1) is 18.8. The molecule has 0 saturated carbocycles. The lowest BCUT2D eigenvalue weighted by atomic mass is 10.3. The highest BCUT2D eigenvalue weighted by atomic mass is 35.5. The molecule has 0 radical (unpaired) electrons. The molecule has 28 heavy (non-hydrogen) atoms. The van der Waals surface area contributed by atoms with Gasteiger partial charge in [0.1, 0.15) is 23.7 Å². The topological polar surface area (TPSA) is 50.1 Å². The molecule has 0 atom stereocenters. The number of pyridine rings is 1. The number of hydrogen-bond donors (Lipinski definition) is 0. The SMILES string of the molecule is Cc1cccc2nc(C(=O)N3CCN(CCOc4ccc(Cl)cc4)CC3)cn12. The van der Waals surface area contributed by atoms with E-state index >= 15 is 0 Å². The van der Waals surface area contributed by atoms with Crippen LogP contribution in [0.3, 0.4) is 0 Å². The first-order valence-corrected chi connectivity index (χ1v) is 9.83. The second-order valence-corrected chi connectivity index (χ2v) is 7.39. The normalized spacial score (nSPS) is 15.1. The molecule has 4 rings (SSSR count). The average molecular weight is 399 g/mol. The molecule has 3 aromatic rings. The van der Waals surface area contributed by atoms with Crippen LogP contribution in [0.4, 0.5) is 0 Å². The Hall–Kier alpha value is -2.57. The van der Waals surface area contributed by atoms with Gasteiger partial charge in [-0.05, 0) is 43.3 Å². The van der Waals surface area contributed by atoms with Crippen molar-refractivity contribution in [2.45, 2.75) is 6.92 Å². The van der Waals surface area contributed by atoms with Crippen molar-refractivity contribution in [3.63, 3.8) is 0 Å². The summed E-state index contributed by atoms with van der Waals surface area (Å²) in [6, 6.07) is 13.3. The number of fused-ring (bicyclic) bond motifs is 1. The smallest absolute Gasteiger partial charge is 0.274 e. The van der Waals surface area contributed by atoms with Crippen LogP contribution in [0, 0.1) is 6.92 Å². The molecule has 0 spiro atoms. The zero-order valence-electron chi connectivity index (χ0n) is 15.8. The van der Waals surface area contributed by atoms with E-state index in [-0.39, 0.29) is 5.91 Å². The number of ether oxygens (including phenoxy) is 1. The Bertz CT molecular complexity index is 962. The van der Waals surface area contributed by atoms with Crippen molar-refractivity contribution >= 4 is 23.2 Å². The van der Waals surface area contributed by atoms with E-state index in [1.54, 1.807) is 0 Å². The Morgan fingerprint density at radius 1 is 1.11 bits per heavy atom. The summed E-state index contributed by atoms with van der Waals surface area (Å²) in [6.45, 7) is 6.52. The number of imidazole rings is 1. The van der Waals surface area contributed by atoms with Gasteiger partial charge in [-0.25, -0.2) is 4.98 Å². The minimum Gasteiger partial charge on any atom is -0.492 e. The quantitative estimate of drug-likeness (QED) is 0.662. The van der Waals surface area contributed by atoms with Gasteiger partial charge in [-0.3, -0.25) is 9.69 Å². The lowest BCUT2D eigenvalue weighted by Crippen LogP contribution is -2.49. The van der Waals surface area contributed by atoms with Gasteiger partial charge in [0.05, 0.1) is 0 Å². The molecular formula is C21H23ClN4O2. The summed E-state index contributed by atoms with van der Waals surface area (Å²) < 4.78 is 7.71. The van der Waals surface area contributed by atoms with Crippen LogP contribution in [0.15, 0.2) is 48.7 Å². The molecule has 7 heteroatoms. The molecule has 0 unspecified atom stereocenters. The standard InChI is InChI=1S/C21H23ClN4O2/c1-16-3-2-4-20-23-19(15-26(16)20)21(27)25-11-9-24(10-12-25)13-14-28-18-7-5-17(22)6-8-18/h2-8,15H,9-14H2,1H3. The predicted octanol–water partition coefficient (Wildman–Crippen LogP) is 3.13. The third-order valence-corrected chi connectivity index (χ3v) is 5.32. The van der Waals surface area contributed by atoms with E-state index in [1.165, 1.54) is 0 Å². The molecule has 1 fully saturated rings. The number of halogens is 1. The molecular weight excluding hydrogens is 376 g/mol. The molecule has 0 aliphatic carbocycles. The maximum Gasteiger partial charge on any atom is 0.274 e. The van der Waals surface area contributed by atoms with Crippen molar-refractivity contribution in [1.82, 2.24) is 19.2 Å². The molecule has 2 aromatic heterocycles. The fourth-order valence-corrected chi connectivity index (χ4v) is 3.54. The average Bonchev–Trinajstić information content (AvgIpc) is 3.15. The van der Waals surface area contributed by atoms with Gasteiger partial charge < -0.3 is 14.0 Å². The summed E-state index contributed by atoms with van der Waals surface area (Å²) in [5, 5.41) is 0.703. The van der Waals surface area contributed by atoms with E-state index in [2.05, 4.69) is 9.88 Å². The summed E-state index contributed by atoms with van der Waals surface area (Å²) >= 11 is 5.88. The van der Waals surface area contributed by atoms with Crippen molar-refractivity contribution in [2.75, 3.05) is 39.3 Å². The van der Waals surface area contributed by atoms with Crippen LogP contribution >= 0.6 is 11.6 Å². The molecule has 1 saturated heterocycles. The van der Waals surface area contributed by atoms with Gasteiger partial charge in [-0.1, -0.05) is 17.7 Å². The van der Waals surface area contributed by atoms with Crippen LogP contribution in [-0.4, -0.2) is 64.4 Å². The van der Waals surface area contributed by atoms with Gasteiger partial charge in [-0.2, -0.15) is 0 Å². The zero-order chi connectivity index (χ0) is 19.5. The van der Waals surface area contributed by atoms with E-state index in [0.29, 0.717) is 30.4 Å². The number of carbonyl (C=O) groups is 1. The van der Waals surface area contributed by atoms with Crippen LogP contribution in [0.2, 0.25) is 5.02 Å². The summed E-state index contributed by atoms with van der Waals surface area (Å²) in [4.78, 5) is 21.5. The van der Waals surface area contributed by atoms with Gasteiger partial charge in [0.15, 0.2) is 0 Å². The van der Waals surface area contributed by atoms with E-state index < -0.39 is 0 Å². The molecule has 1 aliphatic rings. The number of rotatable bonds is 5. The van der Waals surface area contributed by atoms with E-state index in [0.717, 1.165) is 36.7 Å². The van der Waals surface area contributed by atoms with Crippen LogP contribution in [0.1, 0.15) is 16.2 Å². The molecule has 6 nitrogen and oxygen atoms in total. The van der Waals surface area contributed by atoms with Crippen molar-refractivity contribution in [2.24, 2.45) is 0 Å². The minimum atomic E-state index is 0.000152. The van der Waals surface area contributed by atoms with Crippen molar-refractivity contribution in [1.29, 1.82) is 0 Å². The van der Waals surface area contributed by atoms with Crippen LogP contribution < -0.4 is 4.74 Å². The molecule has 0 N–H and O–H groups in total. The highest BCUT2D eigenvalue weighted by molar-refractivity contribution is 6.30. The third kappa shape index (κ3) is 4.13. The molecule has 146 valence electrons. The molecule has 0 bridgehead atoms. The van der Waals surface area contributed by atoms with Crippen LogP contribution in [0.5, 0.6) is 5.75 Å². The lowest BCUT2D eigenvalue weighted by molar-refractivity contribution is 0.0615. The monoisotopic (exact) mass is 398 g/mol. The largest absolute Gasteiger partial charge is 0.492 e. The molecule has 3 heterocycles. The first-order chi connectivity index (χ1) is 13.6. The van der Waals surface area contributed by atoms with Crippen LogP contribution in [-0.2, 0) is 0 Å². The van der Waals surface area contributed by atoms with Gasteiger partial charge in [0.2, 0.25) is 0 Å². The highest BCUT2D eigenvalue weighted by Crippen LogP contribution is 2.16. The first-order valence-electron chi connectivity index (χ1n) is 9.45. The van der Waals surface area contributed by atoms with Crippen LogP contribution in [0.25, 0.3) is 5.65 Å². The zero-order valence-corrected chi connectivity index (χ0v) is 16.6. The van der Waals surface area contributed by atoms with Gasteiger partial charge in [0.25, 0.3) is 5.91 Å². The maximum atomic E-state index is 12.8. The fraction of sp³-hybridized carbons (Fsp3) is 0.333. The van der Waals surface area contributed by atoms with E-state index in [4.69, 9.17) is 16.3 Å². The number of nitrogens with zero attached hydrogens (tertiary/aromatic N) is 4. The fourth-order valence-electron chi connectivity index (χ4n) is 3.41. The highest BCUT2D eigenvalue weighted by Gasteiger charge is 2.24. The summed E-state index contributed by atoms with van der Waals surface area (Å²) in [7, 11) is 0. The lowest BCUT2D eigenvalue weighted by Gasteiger charge is -2.34. The Kier molecular flexibility index (Phi) is 5.50. The van der Waals surface area contributed by atoms with E-state index in [9.17, 15) is 4.79 Å². The Morgan fingerprint density at radius 2 is 1.86 bits per heavy atom. The molecule has 1 aliphatic heterocycles. The minimum absolute atomic E-state index is 0.000152. The predicted molar refractivity (Wildman–Crippen MR) is 109 cm³/mol. The van der Waals surface area contributed by atoms with E-state index in [1.807, 2.05) is 64.9 Å². The number of amides is 1. The maximum absolute atomic E-state index is 12.8. The Balaban J connectivity index is 1.27. The van der Waals surface area contributed by atoms with Gasteiger partial charge >= 0.3 is 0 Å². The van der Waals surface area contributed by atoms with Crippen molar-refractivity contribution in [3.05, 3.63) is 65.1 Å². The van der Waals surface area contributed by atoms with Gasteiger partial charge in [0, 0.05) is 49.6 Å². The number of benzene rings is 1. The number of aryl methyl sites for hydroxylation is 1. The third-order valence-electron chi connectivity index (χ3n) is 5.06. The Morgan fingerprint density at radius 3 is 2.57 bits per heavy atom. The summed E-state index contributed by atoms with van der Waals surface area (Å²) in [6.07, 6.45) is 1.83. The van der Waals surface area contributed by atoms with Crippen molar-refractivity contribution in [3.8, 4) is 5.75 Å². The second-order valence-electron chi connectivity index (χ2n) is 6.96. The van der Waals surface area contributed by atoms with Crippen molar-refractivity contribution < 1.29 is 9.53 Å². The Labute approximate surface area is 169 Å². The summed E-state index contributed by atoms with van der Waals surface area (Å²) in [5.74, 6) is 0.820. The summed E-state index contributed by atoms with van der Waals surface area (Å²) in [5.41, 5.74) is 2.38. The molecule has 1 amide bonds. The number of carbonyl (C=O) groups excluding carboxylic acids is 1. The molecule has 1 aromatic carbocycles. The number of hydrogen-bond acceptors (Lipinski definition) is 4. The number of piperazine rings is 1.